The molecule has 164 valence electrons. The average molecular weight is 468 g/mol. The minimum Gasteiger partial charge on any atom is -0.474 e. The van der Waals surface area contributed by atoms with Crippen LogP contribution in [0.2, 0.25) is 4.34 Å². The molecular formula is C19H18ClN3O7S. The van der Waals surface area contributed by atoms with Crippen LogP contribution in [0, 0.1) is 0 Å². The van der Waals surface area contributed by atoms with Gasteiger partial charge < -0.3 is 25.2 Å². The number of carboxylic acid groups (broad SMARTS) is 1. The molecule has 1 aliphatic heterocycles. The van der Waals surface area contributed by atoms with Crippen LogP contribution in [0.3, 0.4) is 0 Å². The molecule has 1 aromatic heterocycles. The van der Waals surface area contributed by atoms with Gasteiger partial charge in [-0.1, -0.05) is 11.6 Å². The van der Waals surface area contributed by atoms with Crippen molar-refractivity contribution < 1.29 is 34.1 Å². The molecule has 1 saturated heterocycles. The molecule has 1 aromatic carbocycles. The zero-order chi connectivity index (χ0) is 22.5. The topological polar surface area (TPSA) is 136 Å². The molecule has 0 radical (unpaired) electrons. The summed E-state index contributed by atoms with van der Waals surface area (Å²) < 4.78 is 5.78. The number of carbonyl (C=O) groups is 4. The lowest BCUT2D eigenvalue weighted by Crippen LogP contribution is -2.38. The Hall–Kier alpha value is -3.15. The van der Waals surface area contributed by atoms with Crippen LogP contribution in [0.15, 0.2) is 36.4 Å². The van der Waals surface area contributed by atoms with Crippen LogP contribution in [0.25, 0.3) is 0 Å². The number of carbonyl (C=O) groups excluding carboxylic acids is 3. The highest BCUT2D eigenvalue weighted by Gasteiger charge is 2.33. The predicted octanol–water partition coefficient (Wildman–Crippen LogP) is 1.57. The molecule has 0 spiro atoms. The highest BCUT2D eigenvalue weighted by atomic mass is 35.5. The Morgan fingerprint density at radius 2 is 1.94 bits per heavy atom. The van der Waals surface area contributed by atoms with Gasteiger partial charge in [-0.2, -0.15) is 0 Å². The second-order valence-corrected chi connectivity index (χ2v) is 8.15. The van der Waals surface area contributed by atoms with Gasteiger partial charge in [0, 0.05) is 17.9 Å². The third kappa shape index (κ3) is 5.32. The van der Waals surface area contributed by atoms with Crippen LogP contribution in [0.5, 0.6) is 0 Å². The van der Waals surface area contributed by atoms with Crippen LogP contribution in [0.4, 0.5) is 16.2 Å². The number of nitrogens with one attached hydrogen (secondary N) is 1. The van der Waals surface area contributed by atoms with E-state index in [-0.39, 0.29) is 31.2 Å². The van der Waals surface area contributed by atoms with E-state index in [1.54, 1.807) is 12.1 Å². The van der Waals surface area contributed by atoms with Gasteiger partial charge in [-0.05, 0) is 36.4 Å². The van der Waals surface area contributed by atoms with Gasteiger partial charge in [0.25, 0.3) is 5.91 Å². The number of hydrogen-bond donors (Lipinski definition) is 3. The summed E-state index contributed by atoms with van der Waals surface area (Å²) in [6.07, 6.45) is -1.16. The Morgan fingerprint density at radius 1 is 1.23 bits per heavy atom. The van der Waals surface area contributed by atoms with Crippen LogP contribution >= 0.6 is 22.9 Å². The number of benzene rings is 1. The summed E-state index contributed by atoms with van der Waals surface area (Å²) in [5.74, 6) is -3.14. The molecule has 12 heteroatoms. The van der Waals surface area contributed by atoms with Crippen molar-refractivity contribution in [2.75, 3.05) is 36.0 Å². The molecule has 0 unspecified atom stereocenters. The minimum absolute atomic E-state index is 0.117. The van der Waals surface area contributed by atoms with E-state index in [4.69, 9.17) is 26.6 Å². The van der Waals surface area contributed by atoms with Crippen LogP contribution < -0.4 is 15.1 Å². The molecular weight excluding hydrogens is 450 g/mol. The van der Waals surface area contributed by atoms with E-state index in [9.17, 15) is 19.2 Å². The van der Waals surface area contributed by atoms with Crippen molar-refractivity contribution in [3.63, 3.8) is 0 Å². The normalized spacial score (nSPS) is 15.5. The molecule has 3 rings (SSSR count). The van der Waals surface area contributed by atoms with Crippen molar-refractivity contribution in [3.05, 3.63) is 45.6 Å². The van der Waals surface area contributed by atoms with Crippen molar-refractivity contribution >= 4 is 58.2 Å². The number of rotatable bonds is 7. The Morgan fingerprint density at radius 3 is 2.52 bits per heavy atom. The SMILES string of the molecule is O=C(O)C(=O)N(CCO)c1ccc(N2C[C@H](CNC(=O)c3ccc(Cl)s3)OC2=O)cc1. The lowest BCUT2D eigenvalue weighted by Gasteiger charge is -2.21. The highest BCUT2D eigenvalue weighted by Crippen LogP contribution is 2.25. The lowest BCUT2D eigenvalue weighted by molar-refractivity contribution is -0.148. The maximum atomic E-state index is 12.2. The summed E-state index contributed by atoms with van der Waals surface area (Å²) in [5.41, 5.74) is 0.732. The summed E-state index contributed by atoms with van der Waals surface area (Å²) in [4.78, 5) is 49.8. The fourth-order valence-electron chi connectivity index (χ4n) is 2.94. The quantitative estimate of drug-likeness (QED) is 0.525. The summed E-state index contributed by atoms with van der Waals surface area (Å²) in [6.45, 7) is -0.290. The zero-order valence-corrected chi connectivity index (χ0v) is 17.6. The molecule has 0 saturated carbocycles. The smallest absolute Gasteiger partial charge is 0.414 e. The number of carboxylic acids is 1. The van der Waals surface area contributed by atoms with E-state index in [2.05, 4.69) is 5.32 Å². The van der Waals surface area contributed by atoms with Gasteiger partial charge in [0.05, 0.1) is 28.9 Å². The largest absolute Gasteiger partial charge is 0.474 e. The van der Waals surface area contributed by atoms with E-state index >= 15 is 0 Å². The Balaban J connectivity index is 1.62. The second-order valence-electron chi connectivity index (χ2n) is 6.43. The Bertz CT molecular complexity index is 995. The van der Waals surface area contributed by atoms with E-state index in [1.165, 1.54) is 29.2 Å². The second kappa shape index (κ2) is 9.77. The van der Waals surface area contributed by atoms with Gasteiger partial charge in [0.2, 0.25) is 0 Å². The molecule has 3 amide bonds. The average Bonchev–Trinajstić information content (AvgIpc) is 3.35. The lowest BCUT2D eigenvalue weighted by atomic mass is 10.2. The van der Waals surface area contributed by atoms with Gasteiger partial charge in [-0.15, -0.1) is 11.3 Å². The van der Waals surface area contributed by atoms with Crippen molar-refractivity contribution in [1.82, 2.24) is 5.32 Å². The number of thiophene rings is 1. The zero-order valence-electron chi connectivity index (χ0n) is 16.0. The number of ether oxygens (including phenoxy) is 1. The number of nitrogens with zero attached hydrogens (tertiary/aromatic N) is 2. The molecule has 1 atom stereocenters. The maximum Gasteiger partial charge on any atom is 0.414 e. The number of hydrogen-bond acceptors (Lipinski definition) is 7. The number of anilines is 2. The molecule has 2 aromatic rings. The highest BCUT2D eigenvalue weighted by molar-refractivity contribution is 7.18. The van der Waals surface area contributed by atoms with Gasteiger partial charge in [0.1, 0.15) is 6.10 Å². The summed E-state index contributed by atoms with van der Waals surface area (Å²) in [5, 5.41) is 20.7. The van der Waals surface area contributed by atoms with Gasteiger partial charge in [-0.25, -0.2) is 9.59 Å². The molecule has 31 heavy (non-hydrogen) atoms. The van der Waals surface area contributed by atoms with Crippen LogP contribution in [0.1, 0.15) is 9.67 Å². The fraction of sp³-hybridized carbons (Fsp3) is 0.263. The number of aliphatic carboxylic acids is 1. The molecule has 0 bridgehead atoms. The molecule has 3 N–H and O–H groups in total. The standard InChI is InChI=1S/C19H18ClN3O7S/c20-15-6-5-14(31-15)16(25)21-9-13-10-23(19(29)30-13)12-3-1-11(2-4-12)22(7-8-24)17(26)18(27)28/h1-6,13,24H,7-10H2,(H,21,25)(H,27,28)/t13-/m0/s1. The molecule has 10 nitrogen and oxygen atoms in total. The van der Waals surface area contributed by atoms with E-state index < -0.39 is 30.7 Å². The monoisotopic (exact) mass is 467 g/mol. The van der Waals surface area contributed by atoms with E-state index in [1.807, 2.05) is 0 Å². The molecule has 0 aliphatic carbocycles. The van der Waals surface area contributed by atoms with Crippen molar-refractivity contribution in [2.45, 2.75) is 6.10 Å². The van der Waals surface area contributed by atoms with Gasteiger partial charge in [0.15, 0.2) is 0 Å². The number of amides is 3. The van der Waals surface area contributed by atoms with E-state index in [0.717, 1.165) is 16.2 Å². The maximum absolute atomic E-state index is 12.2. The van der Waals surface area contributed by atoms with Gasteiger partial charge >= 0.3 is 18.0 Å². The molecule has 1 fully saturated rings. The fourth-order valence-corrected chi connectivity index (χ4v) is 3.90. The third-order valence-corrected chi connectivity index (χ3v) is 5.62. The van der Waals surface area contributed by atoms with Crippen molar-refractivity contribution in [3.8, 4) is 0 Å². The Kier molecular flexibility index (Phi) is 7.10. The number of aliphatic hydroxyl groups is 1. The summed E-state index contributed by atoms with van der Waals surface area (Å²) in [7, 11) is 0. The first-order valence-corrected chi connectivity index (χ1v) is 10.3. The number of halogens is 1. The van der Waals surface area contributed by atoms with Crippen molar-refractivity contribution in [2.24, 2.45) is 0 Å². The summed E-state index contributed by atoms with van der Waals surface area (Å²) >= 11 is 6.96. The van der Waals surface area contributed by atoms with Crippen molar-refractivity contribution in [1.29, 1.82) is 0 Å². The summed E-state index contributed by atoms with van der Waals surface area (Å²) in [6, 6.07) is 9.22. The minimum atomic E-state index is -1.64. The molecule has 1 aliphatic rings. The first-order valence-electron chi connectivity index (χ1n) is 9.07. The number of cyclic esters (lactones) is 1. The van der Waals surface area contributed by atoms with E-state index in [0.29, 0.717) is 14.9 Å². The first kappa shape index (κ1) is 22.5. The van der Waals surface area contributed by atoms with Crippen LogP contribution in [-0.4, -0.2) is 66.4 Å². The van der Waals surface area contributed by atoms with Crippen LogP contribution in [-0.2, 0) is 14.3 Å². The van der Waals surface area contributed by atoms with Gasteiger partial charge in [-0.3, -0.25) is 14.5 Å². The number of aliphatic hydroxyl groups excluding tert-OH is 1. The Labute approximate surface area is 185 Å². The predicted molar refractivity (Wildman–Crippen MR) is 113 cm³/mol. The first-order chi connectivity index (χ1) is 14.8. The third-order valence-electron chi connectivity index (χ3n) is 4.39. The molecule has 2 heterocycles.